The molecule has 8 aromatic carbocycles. The number of para-hydroxylation sites is 1. The number of aromatic nitrogens is 1. The minimum Gasteiger partial charge on any atom is -0.309 e. The lowest BCUT2D eigenvalue weighted by molar-refractivity contribution is 0.666. The molecule has 1 nitrogen and oxygen atoms in total. The average Bonchev–Trinajstić information content (AvgIpc) is 3.64. The molecular formula is C49H35N. The summed E-state index contributed by atoms with van der Waals surface area (Å²) in [5.74, 6) is 0. The molecule has 9 aromatic rings. The monoisotopic (exact) mass is 637 g/mol. The fraction of sp³-hybridized carbons (Fsp3) is 0.0612. The van der Waals surface area contributed by atoms with Gasteiger partial charge in [-0.3, -0.25) is 0 Å². The fourth-order valence-electron chi connectivity index (χ4n) is 8.60. The Kier molecular flexibility index (Phi) is 6.29. The second kappa shape index (κ2) is 10.9. The van der Waals surface area contributed by atoms with Crippen molar-refractivity contribution in [1.82, 2.24) is 4.57 Å². The highest BCUT2D eigenvalue weighted by Gasteiger charge is 2.37. The topological polar surface area (TPSA) is 4.93 Å². The van der Waals surface area contributed by atoms with E-state index in [-0.39, 0.29) is 5.41 Å². The van der Waals surface area contributed by atoms with Crippen LogP contribution in [0.5, 0.6) is 0 Å². The molecule has 0 radical (unpaired) electrons. The summed E-state index contributed by atoms with van der Waals surface area (Å²) in [5, 5.41) is 5.20. The Morgan fingerprint density at radius 1 is 0.420 bits per heavy atom. The van der Waals surface area contributed by atoms with Gasteiger partial charge in [0.15, 0.2) is 0 Å². The zero-order valence-electron chi connectivity index (χ0n) is 28.2. The first-order valence-corrected chi connectivity index (χ1v) is 17.5. The molecule has 0 unspecified atom stereocenters. The highest BCUT2D eigenvalue weighted by molar-refractivity contribution is 6.21. The molecule has 0 bridgehead atoms. The van der Waals surface area contributed by atoms with Crippen molar-refractivity contribution >= 4 is 32.6 Å². The van der Waals surface area contributed by atoms with Gasteiger partial charge in [-0.15, -0.1) is 0 Å². The van der Waals surface area contributed by atoms with Crippen LogP contribution in [0.15, 0.2) is 176 Å². The van der Waals surface area contributed by atoms with Gasteiger partial charge in [0.2, 0.25) is 0 Å². The molecule has 1 heterocycles. The summed E-state index contributed by atoms with van der Waals surface area (Å²) >= 11 is 0. The first-order chi connectivity index (χ1) is 24.6. The molecular weight excluding hydrogens is 603 g/mol. The van der Waals surface area contributed by atoms with Crippen LogP contribution in [0.2, 0.25) is 0 Å². The molecule has 1 heteroatoms. The van der Waals surface area contributed by atoms with Gasteiger partial charge in [0.05, 0.1) is 11.0 Å². The summed E-state index contributed by atoms with van der Waals surface area (Å²) in [6, 6.07) is 64.7. The van der Waals surface area contributed by atoms with Crippen LogP contribution in [-0.2, 0) is 5.41 Å². The SMILES string of the molecule is CC1(C)c2ccccc2-c2ccc3ccc4c5ccccc5n(-c5ccc(-c6cc(-c7ccccc7)cc(-c7ccccc7)c6)cc5)c4c3c21. The summed E-state index contributed by atoms with van der Waals surface area (Å²) in [4.78, 5) is 0. The van der Waals surface area contributed by atoms with Gasteiger partial charge < -0.3 is 4.57 Å². The molecule has 0 fully saturated rings. The van der Waals surface area contributed by atoms with Crippen LogP contribution in [0.25, 0.3) is 82.8 Å². The molecule has 0 saturated carbocycles. The van der Waals surface area contributed by atoms with E-state index in [0.29, 0.717) is 0 Å². The second-order valence-corrected chi connectivity index (χ2v) is 14.1. The summed E-state index contributed by atoms with van der Waals surface area (Å²) in [7, 11) is 0. The maximum absolute atomic E-state index is 2.51. The molecule has 0 atom stereocenters. The Balaban J connectivity index is 1.19. The van der Waals surface area contributed by atoms with Crippen LogP contribution in [0.3, 0.4) is 0 Å². The van der Waals surface area contributed by atoms with Gasteiger partial charge in [-0.05, 0) is 97.4 Å². The summed E-state index contributed by atoms with van der Waals surface area (Å²) in [6.45, 7) is 4.79. The smallest absolute Gasteiger partial charge is 0.0622 e. The molecule has 1 aromatic heterocycles. The van der Waals surface area contributed by atoms with Crippen LogP contribution in [-0.4, -0.2) is 4.57 Å². The first-order valence-electron chi connectivity index (χ1n) is 17.5. The van der Waals surface area contributed by atoms with E-state index in [1.165, 1.54) is 93.9 Å². The minimum atomic E-state index is -0.120. The number of nitrogens with zero attached hydrogens (tertiary/aromatic N) is 1. The Morgan fingerprint density at radius 2 is 0.980 bits per heavy atom. The van der Waals surface area contributed by atoms with Crippen molar-refractivity contribution in [3.8, 4) is 50.2 Å². The van der Waals surface area contributed by atoms with Crippen molar-refractivity contribution in [3.05, 3.63) is 187 Å². The number of fused-ring (bicyclic) bond motifs is 9. The van der Waals surface area contributed by atoms with E-state index in [4.69, 9.17) is 0 Å². The highest BCUT2D eigenvalue weighted by Crippen LogP contribution is 2.53. The molecule has 0 N–H and O–H groups in total. The summed E-state index contributed by atoms with van der Waals surface area (Å²) in [6.07, 6.45) is 0. The van der Waals surface area contributed by atoms with Gasteiger partial charge in [-0.25, -0.2) is 0 Å². The van der Waals surface area contributed by atoms with Crippen molar-refractivity contribution in [2.24, 2.45) is 0 Å². The van der Waals surface area contributed by atoms with Crippen LogP contribution >= 0.6 is 0 Å². The Labute approximate surface area is 292 Å². The van der Waals surface area contributed by atoms with Crippen LogP contribution in [0, 0.1) is 0 Å². The van der Waals surface area contributed by atoms with E-state index >= 15 is 0 Å². The summed E-state index contributed by atoms with van der Waals surface area (Å²) < 4.78 is 2.51. The third-order valence-corrected chi connectivity index (χ3v) is 10.9. The molecule has 0 aliphatic heterocycles. The highest BCUT2D eigenvalue weighted by atomic mass is 15.0. The van der Waals surface area contributed by atoms with Gasteiger partial charge in [0, 0.05) is 27.3 Å². The van der Waals surface area contributed by atoms with E-state index in [2.05, 4.69) is 194 Å². The van der Waals surface area contributed by atoms with E-state index in [1.807, 2.05) is 0 Å². The van der Waals surface area contributed by atoms with E-state index in [0.717, 1.165) is 0 Å². The molecule has 0 saturated heterocycles. The predicted molar refractivity (Wildman–Crippen MR) is 212 cm³/mol. The number of hydrogen-bond donors (Lipinski definition) is 0. The normalized spacial score (nSPS) is 13.2. The minimum absolute atomic E-state index is 0.120. The quantitative estimate of drug-likeness (QED) is 0.181. The Bertz CT molecular complexity index is 2690. The second-order valence-electron chi connectivity index (χ2n) is 14.1. The molecule has 236 valence electrons. The first kappa shape index (κ1) is 28.8. The maximum atomic E-state index is 2.51. The zero-order chi connectivity index (χ0) is 33.4. The van der Waals surface area contributed by atoms with Gasteiger partial charge in [0.25, 0.3) is 0 Å². The molecule has 50 heavy (non-hydrogen) atoms. The Hall–Kier alpha value is -6.18. The van der Waals surface area contributed by atoms with Crippen molar-refractivity contribution in [3.63, 3.8) is 0 Å². The lowest BCUT2D eigenvalue weighted by Gasteiger charge is -2.24. The third-order valence-electron chi connectivity index (χ3n) is 10.9. The number of hydrogen-bond acceptors (Lipinski definition) is 0. The van der Waals surface area contributed by atoms with Crippen molar-refractivity contribution in [2.75, 3.05) is 0 Å². The van der Waals surface area contributed by atoms with Crippen molar-refractivity contribution in [2.45, 2.75) is 19.3 Å². The molecule has 1 aliphatic rings. The Morgan fingerprint density at radius 3 is 1.66 bits per heavy atom. The molecule has 0 spiro atoms. The largest absolute Gasteiger partial charge is 0.309 e. The van der Waals surface area contributed by atoms with Crippen LogP contribution in [0.4, 0.5) is 0 Å². The summed E-state index contributed by atoms with van der Waals surface area (Å²) in [5.41, 5.74) is 16.4. The predicted octanol–water partition coefficient (Wildman–Crippen LogP) is 13.2. The van der Waals surface area contributed by atoms with Crippen molar-refractivity contribution < 1.29 is 0 Å². The average molecular weight is 638 g/mol. The van der Waals surface area contributed by atoms with Crippen LogP contribution in [0.1, 0.15) is 25.0 Å². The van der Waals surface area contributed by atoms with Gasteiger partial charge >= 0.3 is 0 Å². The number of benzene rings is 8. The van der Waals surface area contributed by atoms with E-state index in [9.17, 15) is 0 Å². The van der Waals surface area contributed by atoms with E-state index < -0.39 is 0 Å². The van der Waals surface area contributed by atoms with Gasteiger partial charge in [-0.1, -0.05) is 153 Å². The van der Waals surface area contributed by atoms with Crippen molar-refractivity contribution in [1.29, 1.82) is 0 Å². The third kappa shape index (κ3) is 4.27. The van der Waals surface area contributed by atoms with Gasteiger partial charge in [0.1, 0.15) is 0 Å². The molecule has 0 amide bonds. The maximum Gasteiger partial charge on any atom is 0.0622 e. The zero-order valence-corrected chi connectivity index (χ0v) is 28.2. The molecule has 10 rings (SSSR count). The van der Waals surface area contributed by atoms with E-state index in [1.54, 1.807) is 0 Å². The van der Waals surface area contributed by atoms with Crippen LogP contribution < -0.4 is 0 Å². The lowest BCUT2D eigenvalue weighted by atomic mass is 9.80. The standard InChI is InChI=1S/C49H35N/c1-49(2)44-19-11-9-17-40(44)42-27-23-35-24-28-43-41-18-10-12-20-45(41)50(48(43)46(35)47(42)49)39-25-21-34(22-26-39)38-30-36(32-13-5-3-6-14-32)29-37(31-38)33-15-7-4-8-16-33/h3-31H,1-2H3. The lowest BCUT2D eigenvalue weighted by Crippen LogP contribution is -2.15. The van der Waals surface area contributed by atoms with Gasteiger partial charge in [-0.2, -0.15) is 0 Å². The fourth-order valence-corrected chi connectivity index (χ4v) is 8.60. The molecule has 1 aliphatic carbocycles. The number of rotatable bonds is 4.